The molecular formula is C13H14NO3PdS. The molecule has 6 heteroatoms. The zero-order valence-electron chi connectivity index (χ0n) is 10.2. The van der Waals surface area contributed by atoms with E-state index in [1.807, 2.05) is 48.5 Å². The van der Waals surface area contributed by atoms with E-state index in [-0.39, 0.29) is 0 Å². The van der Waals surface area contributed by atoms with Gasteiger partial charge in [0, 0.05) is 0 Å². The topological polar surface area (TPSA) is 69.4 Å². The summed E-state index contributed by atoms with van der Waals surface area (Å²) in [5.74, 6) is 0. The molecule has 0 heterocycles. The first-order valence-corrected chi connectivity index (χ1v) is 9.39. The number of hydrogen-bond donors (Lipinski definition) is 1. The fourth-order valence-corrected chi connectivity index (χ4v) is 6.11. The van der Waals surface area contributed by atoms with E-state index in [4.69, 9.17) is 8.64 Å². The van der Waals surface area contributed by atoms with Crippen molar-refractivity contribution in [3.05, 3.63) is 54.6 Å². The van der Waals surface area contributed by atoms with Gasteiger partial charge in [-0.2, -0.15) is 0 Å². The maximum absolute atomic E-state index is 11.5. The maximum atomic E-state index is 11.5. The molecule has 19 heavy (non-hydrogen) atoms. The molecule has 0 bridgehead atoms. The molecule has 0 atom stereocenters. The average Bonchev–Trinajstić information content (AvgIpc) is 2.37. The summed E-state index contributed by atoms with van der Waals surface area (Å²) < 4.78 is 29.8. The van der Waals surface area contributed by atoms with Crippen molar-refractivity contribution in [3.63, 3.8) is 0 Å². The zero-order chi connectivity index (χ0) is 13.9. The predicted molar refractivity (Wildman–Crippen MR) is 72.5 cm³/mol. The summed E-state index contributed by atoms with van der Waals surface area (Å²) in [6.45, 7) is 0. The minimum atomic E-state index is -3.54. The number of para-hydroxylation sites is 1. The van der Waals surface area contributed by atoms with E-state index in [2.05, 4.69) is 0 Å². The molecule has 0 radical (unpaired) electrons. The van der Waals surface area contributed by atoms with Crippen LogP contribution in [0.2, 0.25) is 0 Å². The fourth-order valence-electron chi connectivity index (χ4n) is 1.35. The third-order valence-electron chi connectivity index (χ3n) is 2.06. The van der Waals surface area contributed by atoms with E-state index < -0.39 is 27.2 Å². The Morgan fingerprint density at radius 3 is 2.16 bits per heavy atom. The van der Waals surface area contributed by atoms with Crippen molar-refractivity contribution in [1.29, 1.82) is 0 Å². The normalized spacial score (nSPS) is 12.2. The molecular weight excluding hydrogens is 357 g/mol. The van der Waals surface area contributed by atoms with Gasteiger partial charge in [0.25, 0.3) is 0 Å². The summed E-state index contributed by atoms with van der Waals surface area (Å²) >= 11 is -2.07. The monoisotopic (exact) mass is 370 g/mol. The van der Waals surface area contributed by atoms with E-state index >= 15 is 0 Å². The van der Waals surface area contributed by atoms with Crippen molar-refractivity contribution in [3.8, 4) is 0 Å². The van der Waals surface area contributed by atoms with Gasteiger partial charge in [-0.25, -0.2) is 0 Å². The van der Waals surface area contributed by atoms with Gasteiger partial charge in [0.15, 0.2) is 0 Å². The second-order valence-corrected chi connectivity index (χ2v) is 8.76. The molecule has 0 saturated carbocycles. The van der Waals surface area contributed by atoms with Crippen molar-refractivity contribution in [1.82, 2.24) is 0 Å². The molecule has 0 unspecified atom stereocenters. The number of rotatable bonds is 4. The third kappa shape index (κ3) is 3.89. The van der Waals surface area contributed by atoms with Crippen LogP contribution in [0, 0.1) is 0 Å². The minimum absolute atomic E-state index is 0.552. The number of nitrogens with two attached hydrogens (primary N) is 1. The van der Waals surface area contributed by atoms with Crippen LogP contribution in [0.25, 0.3) is 0 Å². The molecule has 2 aromatic rings. The van der Waals surface area contributed by atoms with Crippen LogP contribution < -0.4 is 13.8 Å². The Morgan fingerprint density at radius 2 is 1.58 bits per heavy atom. The Morgan fingerprint density at radius 1 is 1.00 bits per heavy atom. The van der Waals surface area contributed by atoms with Gasteiger partial charge in [-0.3, -0.25) is 0 Å². The summed E-state index contributed by atoms with van der Waals surface area (Å²) in [6.07, 6.45) is 1.06. The first kappa shape index (κ1) is 14.2. The molecule has 0 saturated heterocycles. The van der Waals surface area contributed by atoms with Crippen molar-refractivity contribution >= 4 is 23.9 Å². The van der Waals surface area contributed by atoms with Crippen molar-refractivity contribution in [2.75, 3.05) is 12.0 Å². The predicted octanol–water partition coefficient (Wildman–Crippen LogP) is 0.729. The number of benzene rings is 2. The van der Waals surface area contributed by atoms with Crippen LogP contribution in [0.15, 0.2) is 54.6 Å². The molecule has 0 spiro atoms. The van der Waals surface area contributed by atoms with Crippen LogP contribution in [0.1, 0.15) is 0 Å². The van der Waals surface area contributed by atoms with Gasteiger partial charge in [0.2, 0.25) is 0 Å². The molecule has 0 amide bonds. The molecule has 2 rings (SSSR count). The van der Waals surface area contributed by atoms with E-state index in [1.54, 1.807) is 6.07 Å². The van der Waals surface area contributed by atoms with Crippen LogP contribution in [-0.4, -0.2) is 14.7 Å². The second-order valence-electron chi connectivity index (χ2n) is 3.71. The molecule has 0 aliphatic heterocycles. The quantitative estimate of drug-likeness (QED) is 0.636. The van der Waals surface area contributed by atoms with E-state index in [0.29, 0.717) is 5.69 Å². The molecule has 105 valence electrons. The van der Waals surface area contributed by atoms with Gasteiger partial charge in [-0.1, -0.05) is 0 Å². The van der Waals surface area contributed by atoms with E-state index in [0.717, 1.165) is 14.3 Å². The van der Waals surface area contributed by atoms with Crippen molar-refractivity contribution < 1.29 is 28.5 Å². The summed E-state index contributed by atoms with van der Waals surface area (Å²) in [4.78, 5) is 0. The average molecular weight is 371 g/mol. The van der Waals surface area contributed by atoms with Gasteiger partial charge < -0.3 is 0 Å². The molecule has 0 fully saturated rings. The summed E-state index contributed by atoms with van der Waals surface area (Å²) in [5.41, 5.74) is 6.48. The van der Waals surface area contributed by atoms with Crippen molar-refractivity contribution in [2.24, 2.45) is 0 Å². The Balaban J connectivity index is 2.50. The van der Waals surface area contributed by atoms with Crippen LogP contribution in [0.4, 0.5) is 5.69 Å². The Kier molecular flexibility index (Phi) is 4.38. The van der Waals surface area contributed by atoms with Gasteiger partial charge in [-0.15, -0.1) is 0 Å². The van der Waals surface area contributed by atoms with Crippen molar-refractivity contribution in [2.45, 2.75) is 0 Å². The molecule has 0 aliphatic rings. The Bertz CT molecular complexity index is 659. The van der Waals surface area contributed by atoms with Gasteiger partial charge >= 0.3 is 119 Å². The number of nitrogen functional groups attached to an aromatic ring is 1. The molecule has 2 aromatic carbocycles. The fraction of sp³-hybridized carbons (Fsp3) is 0.0769. The number of hydrogen-bond acceptors (Lipinski definition) is 4. The molecule has 0 aromatic heterocycles. The van der Waals surface area contributed by atoms with Crippen LogP contribution >= 0.6 is 0 Å². The van der Waals surface area contributed by atoms with Crippen LogP contribution in [0.5, 0.6) is 0 Å². The molecule has 4 nitrogen and oxygen atoms in total. The SMILES string of the molecule is CS(=O)(=O)[O][Pd]([c]1ccccc1)[c]1ccccc1N. The first-order valence-electron chi connectivity index (χ1n) is 5.38. The zero-order valence-corrected chi connectivity index (χ0v) is 12.6. The molecule has 2 N–H and O–H groups in total. The summed E-state index contributed by atoms with van der Waals surface area (Å²) in [7, 11) is -3.54. The third-order valence-corrected chi connectivity index (χ3v) is 7.35. The Labute approximate surface area is 119 Å². The second kappa shape index (κ2) is 5.85. The molecule has 0 aliphatic carbocycles. The van der Waals surface area contributed by atoms with Gasteiger partial charge in [0.1, 0.15) is 0 Å². The van der Waals surface area contributed by atoms with Crippen LogP contribution in [0.3, 0.4) is 0 Å². The first-order chi connectivity index (χ1) is 8.97. The standard InChI is InChI=1S/C6H6N.C6H5.CH4O3S.Pd/c7-6-4-2-1-3-5-6;1-2-4-6-5-3-1;1-5(2,3)4;/h1-4H,7H2;1-5H;1H3,(H,2,3,4);/q;;;+1/p-1. The summed E-state index contributed by atoms with van der Waals surface area (Å²) in [6, 6.07) is 16.5. The van der Waals surface area contributed by atoms with Crippen LogP contribution in [-0.2, 0) is 30.2 Å². The van der Waals surface area contributed by atoms with E-state index in [1.165, 1.54) is 0 Å². The van der Waals surface area contributed by atoms with Gasteiger partial charge in [-0.05, 0) is 0 Å². The van der Waals surface area contributed by atoms with E-state index in [9.17, 15) is 8.42 Å². The Hall–Kier alpha value is -1.19. The summed E-state index contributed by atoms with van der Waals surface area (Å²) in [5, 5.41) is 0. The number of anilines is 1. The van der Waals surface area contributed by atoms with Gasteiger partial charge in [0.05, 0.1) is 0 Å².